The molecule has 0 saturated carbocycles. The summed E-state index contributed by atoms with van der Waals surface area (Å²) in [5, 5.41) is 5.09. The van der Waals surface area contributed by atoms with Crippen LogP contribution in [0.3, 0.4) is 0 Å². The Hall–Kier alpha value is -1.33. The summed E-state index contributed by atoms with van der Waals surface area (Å²) in [6.07, 6.45) is 3.77. The van der Waals surface area contributed by atoms with Gasteiger partial charge in [-0.1, -0.05) is 12.2 Å². The van der Waals surface area contributed by atoms with Crippen LogP contribution in [0.25, 0.3) is 0 Å². The lowest BCUT2D eigenvalue weighted by Crippen LogP contribution is -2.13. The van der Waals surface area contributed by atoms with Crippen LogP contribution in [0.5, 0.6) is 5.75 Å². The highest BCUT2D eigenvalue weighted by Crippen LogP contribution is 2.26. The van der Waals surface area contributed by atoms with Crippen molar-refractivity contribution in [3.63, 3.8) is 0 Å². The Morgan fingerprint density at radius 1 is 1.29 bits per heavy atom. The van der Waals surface area contributed by atoms with Gasteiger partial charge in [-0.3, -0.25) is 0 Å². The molecule has 0 atom stereocenters. The lowest BCUT2D eigenvalue weighted by molar-refractivity contribution is 0.357. The first-order valence-electron chi connectivity index (χ1n) is 5.24. The van der Waals surface area contributed by atoms with Crippen molar-refractivity contribution in [2.75, 3.05) is 6.61 Å². The van der Waals surface area contributed by atoms with Crippen molar-refractivity contribution in [3.05, 3.63) is 35.4 Å². The van der Waals surface area contributed by atoms with Crippen molar-refractivity contribution >= 4 is 10.0 Å². The van der Waals surface area contributed by atoms with E-state index in [1.807, 2.05) is 19.1 Å². The average molecular weight is 255 g/mol. The Labute approximate surface area is 102 Å². The van der Waals surface area contributed by atoms with E-state index in [0.29, 0.717) is 12.4 Å². The third-order valence-corrected chi connectivity index (χ3v) is 3.21. The molecule has 17 heavy (non-hydrogen) atoms. The van der Waals surface area contributed by atoms with Gasteiger partial charge < -0.3 is 4.74 Å². The van der Waals surface area contributed by atoms with E-state index in [4.69, 9.17) is 9.88 Å². The summed E-state index contributed by atoms with van der Waals surface area (Å²) in [6.45, 7) is 5.97. The van der Waals surface area contributed by atoms with Gasteiger partial charge in [0.1, 0.15) is 12.4 Å². The number of nitrogens with two attached hydrogens (primary N) is 1. The van der Waals surface area contributed by atoms with E-state index in [-0.39, 0.29) is 4.90 Å². The maximum Gasteiger partial charge on any atom is 0.238 e. The van der Waals surface area contributed by atoms with Crippen LogP contribution in [0.4, 0.5) is 0 Å². The minimum absolute atomic E-state index is 0.117. The zero-order valence-electron chi connectivity index (χ0n) is 10.2. The molecular weight excluding hydrogens is 238 g/mol. The standard InChI is InChI=1S/C12H17NO3S/c1-4-5-6-16-12-9(2)7-11(8-10(12)3)17(13,14)15/h4-5,7-8H,6H2,1-3H3,(H2,13,14,15)/b5-4+. The van der Waals surface area contributed by atoms with Gasteiger partial charge in [0.15, 0.2) is 0 Å². The number of hydrogen-bond acceptors (Lipinski definition) is 3. The summed E-state index contributed by atoms with van der Waals surface area (Å²) in [5.74, 6) is 0.704. The van der Waals surface area contributed by atoms with Crippen molar-refractivity contribution in [1.29, 1.82) is 0 Å². The molecule has 0 unspecified atom stereocenters. The van der Waals surface area contributed by atoms with Crippen LogP contribution in [0.15, 0.2) is 29.2 Å². The van der Waals surface area contributed by atoms with Gasteiger partial charge >= 0.3 is 0 Å². The number of rotatable bonds is 4. The molecule has 0 fully saturated rings. The van der Waals surface area contributed by atoms with E-state index < -0.39 is 10.0 Å². The third-order valence-electron chi connectivity index (χ3n) is 2.32. The Bertz CT molecular complexity index is 510. The van der Waals surface area contributed by atoms with E-state index in [1.165, 1.54) is 12.1 Å². The van der Waals surface area contributed by atoms with Crippen molar-refractivity contribution in [1.82, 2.24) is 0 Å². The molecule has 1 aromatic rings. The van der Waals surface area contributed by atoms with Crippen molar-refractivity contribution in [3.8, 4) is 5.75 Å². The van der Waals surface area contributed by atoms with Gasteiger partial charge in [-0.25, -0.2) is 13.6 Å². The molecule has 0 radical (unpaired) electrons. The molecular formula is C12H17NO3S. The maximum absolute atomic E-state index is 11.2. The number of sulfonamides is 1. The molecule has 4 nitrogen and oxygen atoms in total. The van der Waals surface area contributed by atoms with Crippen LogP contribution < -0.4 is 9.88 Å². The Kier molecular flexibility index (Phi) is 4.31. The average Bonchev–Trinajstić information content (AvgIpc) is 2.20. The molecule has 0 spiro atoms. The highest BCUT2D eigenvalue weighted by Gasteiger charge is 2.12. The van der Waals surface area contributed by atoms with Crippen LogP contribution in [0.2, 0.25) is 0 Å². The summed E-state index contributed by atoms with van der Waals surface area (Å²) >= 11 is 0. The first kappa shape index (κ1) is 13.7. The molecule has 0 bridgehead atoms. The summed E-state index contributed by atoms with van der Waals surface area (Å²) in [7, 11) is -3.66. The topological polar surface area (TPSA) is 69.4 Å². The number of allylic oxidation sites excluding steroid dienone is 1. The summed E-state index contributed by atoms with van der Waals surface area (Å²) in [6, 6.07) is 3.04. The van der Waals surface area contributed by atoms with Gasteiger partial charge in [0.05, 0.1) is 4.90 Å². The predicted molar refractivity (Wildman–Crippen MR) is 67.6 cm³/mol. The second-order valence-corrected chi connectivity index (χ2v) is 5.37. The second-order valence-electron chi connectivity index (χ2n) is 3.81. The van der Waals surface area contributed by atoms with Gasteiger partial charge in [-0.05, 0) is 44.0 Å². The molecule has 0 heterocycles. The fourth-order valence-electron chi connectivity index (χ4n) is 1.53. The van der Waals surface area contributed by atoms with Crippen LogP contribution in [-0.4, -0.2) is 15.0 Å². The van der Waals surface area contributed by atoms with Crippen LogP contribution in [0.1, 0.15) is 18.1 Å². The van der Waals surface area contributed by atoms with Gasteiger partial charge in [-0.15, -0.1) is 0 Å². The largest absolute Gasteiger partial charge is 0.489 e. The highest BCUT2D eigenvalue weighted by molar-refractivity contribution is 7.89. The smallest absolute Gasteiger partial charge is 0.238 e. The lowest BCUT2D eigenvalue weighted by Gasteiger charge is -2.12. The fourth-order valence-corrected chi connectivity index (χ4v) is 2.21. The summed E-state index contributed by atoms with van der Waals surface area (Å²) in [4.78, 5) is 0.117. The molecule has 0 amide bonds. The molecule has 1 aromatic carbocycles. The number of hydrogen-bond donors (Lipinski definition) is 1. The highest BCUT2D eigenvalue weighted by atomic mass is 32.2. The molecule has 0 aliphatic carbocycles. The number of benzene rings is 1. The van der Waals surface area contributed by atoms with Gasteiger partial charge in [0, 0.05) is 0 Å². The van der Waals surface area contributed by atoms with Crippen LogP contribution in [0, 0.1) is 13.8 Å². The Morgan fingerprint density at radius 2 is 1.82 bits per heavy atom. The summed E-state index contributed by atoms with van der Waals surface area (Å²) in [5.41, 5.74) is 1.53. The molecule has 94 valence electrons. The van der Waals surface area contributed by atoms with Crippen molar-refractivity contribution in [2.45, 2.75) is 25.7 Å². The Balaban J connectivity index is 3.11. The van der Waals surface area contributed by atoms with E-state index in [2.05, 4.69) is 0 Å². The van der Waals surface area contributed by atoms with Crippen molar-refractivity contribution < 1.29 is 13.2 Å². The normalized spacial score (nSPS) is 12.0. The Morgan fingerprint density at radius 3 is 2.24 bits per heavy atom. The van der Waals surface area contributed by atoms with Gasteiger partial charge in [0.25, 0.3) is 0 Å². The van der Waals surface area contributed by atoms with E-state index in [9.17, 15) is 8.42 Å². The number of primary sulfonamides is 1. The van der Waals surface area contributed by atoms with Crippen LogP contribution >= 0.6 is 0 Å². The van der Waals surface area contributed by atoms with E-state index in [0.717, 1.165) is 11.1 Å². The van der Waals surface area contributed by atoms with E-state index in [1.54, 1.807) is 13.8 Å². The zero-order valence-corrected chi connectivity index (χ0v) is 11.0. The molecule has 0 aliphatic rings. The van der Waals surface area contributed by atoms with Crippen LogP contribution in [-0.2, 0) is 10.0 Å². The maximum atomic E-state index is 11.2. The molecule has 0 aromatic heterocycles. The molecule has 2 N–H and O–H groups in total. The minimum atomic E-state index is -3.66. The quantitative estimate of drug-likeness (QED) is 0.835. The predicted octanol–water partition coefficient (Wildman–Crippen LogP) is 1.91. The fraction of sp³-hybridized carbons (Fsp3) is 0.333. The lowest BCUT2D eigenvalue weighted by atomic mass is 10.1. The molecule has 1 rings (SSSR count). The van der Waals surface area contributed by atoms with Gasteiger partial charge in [-0.2, -0.15) is 0 Å². The second kappa shape index (κ2) is 5.33. The molecule has 0 saturated heterocycles. The van der Waals surface area contributed by atoms with E-state index >= 15 is 0 Å². The number of ether oxygens (including phenoxy) is 1. The first-order valence-corrected chi connectivity index (χ1v) is 6.79. The monoisotopic (exact) mass is 255 g/mol. The zero-order chi connectivity index (χ0) is 13.1. The minimum Gasteiger partial charge on any atom is -0.489 e. The summed E-state index contributed by atoms with van der Waals surface area (Å²) < 4.78 is 28.0. The number of aryl methyl sites for hydroxylation is 2. The first-order chi connectivity index (χ1) is 7.86. The van der Waals surface area contributed by atoms with Crippen molar-refractivity contribution in [2.24, 2.45) is 5.14 Å². The SMILES string of the molecule is C/C=C/COc1c(C)cc(S(N)(=O)=O)cc1C. The molecule has 0 aliphatic heterocycles. The third kappa shape index (κ3) is 3.57. The molecule has 5 heteroatoms. The van der Waals surface area contributed by atoms with Gasteiger partial charge in [0.2, 0.25) is 10.0 Å².